The van der Waals surface area contributed by atoms with Crippen LogP contribution in [0.5, 0.6) is 23.0 Å². The maximum Gasteiger partial charge on any atom is 0.339 e. The number of para-hydroxylation sites is 1. The molecule has 39 heavy (non-hydrogen) atoms. The number of phenolic OH excluding ortho intramolecular Hbond substituents is 2. The van der Waals surface area contributed by atoms with E-state index in [9.17, 15) is 30.3 Å². The van der Waals surface area contributed by atoms with E-state index in [0.29, 0.717) is 19.7 Å². The standard InChI is InChI=1S/C27H34N2O10/c1-36-25-20(31)16(13-29-9-7-28(8-10-29)11-12-37-15-5-3-2-4-6-15)18-19(22(25)33)24-26(39-27(18)35)23(34)21(32)17(14-30)38-24/h2-6,17,21,23-24,26,30-34H,7-14H2,1H3/t17-,21-,23+,24?,26?/m0/s1. The van der Waals surface area contributed by atoms with E-state index >= 15 is 0 Å². The van der Waals surface area contributed by atoms with Gasteiger partial charge in [0.1, 0.15) is 36.8 Å². The maximum atomic E-state index is 13.2. The highest BCUT2D eigenvalue weighted by Gasteiger charge is 2.53. The summed E-state index contributed by atoms with van der Waals surface area (Å²) in [6.45, 7) is 3.67. The summed E-state index contributed by atoms with van der Waals surface area (Å²) in [5.41, 5.74) is 0.113. The summed E-state index contributed by atoms with van der Waals surface area (Å²) in [4.78, 5) is 17.5. The lowest BCUT2D eigenvalue weighted by Gasteiger charge is -2.45. The molecule has 3 aliphatic heterocycles. The van der Waals surface area contributed by atoms with Crippen LogP contribution < -0.4 is 9.47 Å². The van der Waals surface area contributed by atoms with Crippen molar-refractivity contribution in [1.82, 2.24) is 9.80 Å². The van der Waals surface area contributed by atoms with Crippen LogP contribution in [0.4, 0.5) is 0 Å². The predicted molar refractivity (Wildman–Crippen MR) is 136 cm³/mol. The molecule has 212 valence electrons. The maximum absolute atomic E-state index is 13.2. The summed E-state index contributed by atoms with van der Waals surface area (Å²) in [6, 6.07) is 9.61. The third-order valence-corrected chi connectivity index (χ3v) is 7.61. The van der Waals surface area contributed by atoms with E-state index in [1.807, 2.05) is 30.3 Å². The number of aliphatic hydroxyl groups is 3. The number of esters is 1. The minimum absolute atomic E-state index is 0.0120. The number of carbonyl (C=O) groups excluding carboxylic acids is 1. The molecule has 12 heteroatoms. The zero-order chi connectivity index (χ0) is 27.7. The molecular formula is C27H34N2O10. The minimum Gasteiger partial charge on any atom is -0.504 e. The summed E-state index contributed by atoms with van der Waals surface area (Å²) < 4.78 is 22.3. The molecule has 0 radical (unpaired) electrons. The Morgan fingerprint density at radius 2 is 1.69 bits per heavy atom. The number of piperazine rings is 1. The molecule has 5 rings (SSSR count). The number of ether oxygens (including phenoxy) is 4. The monoisotopic (exact) mass is 546 g/mol. The van der Waals surface area contributed by atoms with Gasteiger partial charge in [-0.25, -0.2) is 4.79 Å². The summed E-state index contributed by atoms with van der Waals surface area (Å²) in [7, 11) is 1.27. The molecule has 0 saturated carbocycles. The van der Waals surface area contributed by atoms with Crippen LogP contribution in [0, 0.1) is 0 Å². The molecule has 2 saturated heterocycles. The summed E-state index contributed by atoms with van der Waals surface area (Å²) in [5, 5.41) is 52.5. The smallest absolute Gasteiger partial charge is 0.339 e. The molecule has 0 amide bonds. The zero-order valence-corrected chi connectivity index (χ0v) is 21.6. The number of fused-ring (bicyclic) bond motifs is 3. The van der Waals surface area contributed by atoms with Crippen LogP contribution in [0.25, 0.3) is 0 Å². The average molecular weight is 547 g/mol. The van der Waals surface area contributed by atoms with Gasteiger partial charge in [0.25, 0.3) is 0 Å². The number of aromatic hydroxyl groups is 2. The lowest BCUT2D eigenvalue weighted by atomic mass is 9.84. The van der Waals surface area contributed by atoms with Crippen molar-refractivity contribution in [3.8, 4) is 23.0 Å². The Labute approximate surface area is 225 Å². The number of nitrogens with zero attached hydrogens (tertiary/aromatic N) is 2. The van der Waals surface area contributed by atoms with Crippen molar-refractivity contribution in [1.29, 1.82) is 0 Å². The molecule has 0 spiro atoms. The van der Waals surface area contributed by atoms with E-state index in [2.05, 4.69) is 9.80 Å². The van der Waals surface area contributed by atoms with Gasteiger partial charge in [-0.2, -0.15) is 0 Å². The summed E-state index contributed by atoms with van der Waals surface area (Å²) >= 11 is 0. The fourth-order valence-electron chi connectivity index (χ4n) is 5.47. The number of aliphatic hydroxyl groups excluding tert-OH is 3. The Hall–Kier alpha value is -3.13. The number of carbonyl (C=O) groups is 1. The van der Waals surface area contributed by atoms with Gasteiger partial charge in [0.15, 0.2) is 17.6 Å². The highest BCUT2D eigenvalue weighted by atomic mass is 16.6. The summed E-state index contributed by atoms with van der Waals surface area (Å²) in [6.07, 6.45) is -6.74. The molecule has 2 aromatic rings. The number of rotatable bonds is 8. The van der Waals surface area contributed by atoms with Crippen LogP contribution in [0.15, 0.2) is 30.3 Å². The Morgan fingerprint density at radius 1 is 1.00 bits per heavy atom. The Bertz CT molecular complexity index is 1170. The minimum atomic E-state index is -1.56. The van der Waals surface area contributed by atoms with Gasteiger partial charge in [0.05, 0.1) is 19.3 Å². The van der Waals surface area contributed by atoms with Crippen molar-refractivity contribution in [2.24, 2.45) is 0 Å². The van der Waals surface area contributed by atoms with E-state index in [-0.39, 0.29) is 29.0 Å². The van der Waals surface area contributed by atoms with Crippen molar-refractivity contribution >= 4 is 5.97 Å². The van der Waals surface area contributed by atoms with E-state index in [4.69, 9.17) is 18.9 Å². The van der Waals surface area contributed by atoms with Gasteiger partial charge in [-0.3, -0.25) is 9.80 Å². The van der Waals surface area contributed by atoms with Crippen LogP contribution in [0.2, 0.25) is 0 Å². The SMILES string of the molecule is COc1c(O)c(CN2CCN(CCOc3ccccc3)CC2)c2c(c1O)C1O[C@@H](CO)[C@H](O)[C@@H](O)C1OC2=O. The molecule has 0 aliphatic carbocycles. The molecule has 0 aromatic heterocycles. The van der Waals surface area contributed by atoms with Gasteiger partial charge in [-0.05, 0) is 12.1 Å². The lowest BCUT2D eigenvalue weighted by Crippen LogP contribution is -2.58. The number of phenols is 2. The molecule has 3 aliphatic rings. The fourth-order valence-corrected chi connectivity index (χ4v) is 5.47. The highest BCUT2D eigenvalue weighted by Crippen LogP contribution is 2.52. The molecule has 12 nitrogen and oxygen atoms in total. The first-order chi connectivity index (χ1) is 18.8. The normalized spacial score (nSPS) is 27.4. The van der Waals surface area contributed by atoms with E-state index in [1.54, 1.807) is 0 Å². The second-order valence-corrected chi connectivity index (χ2v) is 9.91. The molecule has 5 N–H and O–H groups in total. The predicted octanol–water partition coefficient (Wildman–Crippen LogP) is -0.00400. The molecule has 0 bridgehead atoms. The Morgan fingerprint density at radius 3 is 2.36 bits per heavy atom. The van der Waals surface area contributed by atoms with E-state index in [0.717, 1.165) is 25.4 Å². The second kappa shape index (κ2) is 11.5. The second-order valence-electron chi connectivity index (χ2n) is 9.91. The van der Waals surface area contributed by atoms with E-state index in [1.165, 1.54) is 7.11 Å². The van der Waals surface area contributed by atoms with Gasteiger partial charge in [0.2, 0.25) is 5.75 Å². The van der Waals surface area contributed by atoms with Crippen molar-refractivity contribution < 1.29 is 49.3 Å². The van der Waals surface area contributed by atoms with Crippen LogP contribution in [0.3, 0.4) is 0 Å². The number of methoxy groups -OCH3 is 1. The molecule has 2 fully saturated rings. The lowest BCUT2D eigenvalue weighted by molar-refractivity contribution is -0.235. The first-order valence-electron chi connectivity index (χ1n) is 12.9. The molecule has 5 atom stereocenters. The quantitative estimate of drug-likeness (QED) is 0.282. The van der Waals surface area contributed by atoms with Crippen molar-refractivity contribution in [2.75, 3.05) is 53.0 Å². The third-order valence-electron chi connectivity index (χ3n) is 7.61. The Kier molecular flexibility index (Phi) is 8.12. The van der Waals surface area contributed by atoms with Crippen LogP contribution >= 0.6 is 0 Å². The van der Waals surface area contributed by atoms with Gasteiger partial charge in [-0.15, -0.1) is 0 Å². The largest absolute Gasteiger partial charge is 0.504 e. The number of hydrogen-bond donors (Lipinski definition) is 5. The first-order valence-corrected chi connectivity index (χ1v) is 12.9. The fraction of sp³-hybridized carbons (Fsp3) is 0.519. The van der Waals surface area contributed by atoms with Gasteiger partial charge >= 0.3 is 5.97 Å². The van der Waals surface area contributed by atoms with Crippen molar-refractivity contribution in [3.05, 3.63) is 47.0 Å². The topological polar surface area (TPSA) is 162 Å². The molecular weight excluding hydrogens is 512 g/mol. The summed E-state index contributed by atoms with van der Waals surface area (Å²) in [5.74, 6) is -1.20. The number of benzene rings is 2. The first kappa shape index (κ1) is 27.4. The van der Waals surface area contributed by atoms with Crippen LogP contribution in [-0.2, 0) is 16.0 Å². The van der Waals surface area contributed by atoms with Gasteiger partial charge < -0.3 is 44.5 Å². The van der Waals surface area contributed by atoms with Crippen LogP contribution in [-0.4, -0.2) is 119 Å². The van der Waals surface area contributed by atoms with Crippen molar-refractivity contribution in [2.45, 2.75) is 37.1 Å². The van der Waals surface area contributed by atoms with E-state index < -0.39 is 54.6 Å². The third kappa shape index (κ3) is 5.23. The zero-order valence-electron chi connectivity index (χ0n) is 21.6. The highest BCUT2D eigenvalue weighted by molar-refractivity contribution is 5.97. The van der Waals surface area contributed by atoms with Crippen molar-refractivity contribution in [3.63, 3.8) is 0 Å². The average Bonchev–Trinajstić information content (AvgIpc) is 2.94. The van der Waals surface area contributed by atoms with Crippen LogP contribution in [0.1, 0.15) is 27.6 Å². The van der Waals surface area contributed by atoms with Gasteiger partial charge in [0, 0.05) is 50.4 Å². The molecule has 3 heterocycles. The Balaban J connectivity index is 1.34. The van der Waals surface area contributed by atoms with Gasteiger partial charge in [-0.1, -0.05) is 18.2 Å². The molecule has 2 unspecified atom stereocenters. The number of hydrogen-bond acceptors (Lipinski definition) is 12. The molecule has 2 aromatic carbocycles.